The van der Waals surface area contributed by atoms with Gasteiger partial charge >= 0.3 is 8.60 Å². The fraction of sp³-hybridized carbons (Fsp3) is 0.118. The van der Waals surface area contributed by atoms with Gasteiger partial charge in [-0.3, -0.25) is 9.32 Å². The van der Waals surface area contributed by atoms with Crippen molar-refractivity contribution in [1.82, 2.24) is 0 Å². The van der Waals surface area contributed by atoms with Crippen molar-refractivity contribution >= 4 is 19.6 Å². The molecular formula is C17H15O8P. The van der Waals surface area contributed by atoms with Crippen LogP contribution >= 0.6 is 8.60 Å². The zero-order chi connectivity index (χ0) is 18.8. The third-order valence-corrected chi connectivity index (χ3v) is 4.01. The van der Waals surface area contributed by atoms with Crippen LogP contribution in [0.15, 0.2) is 45.6 Å². The summed E-state index contributed by atoms with van der Waals surface area (Å²) in [5.74, 6) is -0.297. The Hall–Kier alpha value is -2.64. The Kier molecular flexibility index (Phi) is 5.11. The summed E-state index contributed by atoms with van der Waals surface area (Å²) in [5.41, 5.74) is 0.585. The first-order valence-electron chi connectivity index (χ1n) is 7.40. The van der Waals surface area contributed by atoms with Crippen LogP contribution in [0, 0.1) is 6.92 Å². The molecule has 26 heavy (non-hydrogen) atoms. The van der Waals surface area contributed by atoms with E-state index in [-0.39, 0.29) is 34.0 Å². The van der Waals surface area contributed by atoms with Crippen LogP contribution in [-0.2, 0) is 4.52 Å². The van der Waals surface area contributed by atoms with E-state index in [0.717, 1.165) is 0 Å². The van der Waals surface area contributed by atoms with E-state index >= 15 is 0 Å². The number of benzene rings is 2. The number of phenolic OH excluding ortho intramolecular Hbond substituents is 2. The second-order valence-corrected chi connectivity index (χ2v) is 6.18. The van der Waals surface area contributed by atoms with Crippen LogP contribution in [-0.4, -0.2) is 26.8 Å². The normalized spacial score (nSPS) is 11.2. The number of aryl methyl sites for hydroxylation is 1. The summed E-state index contributed by atoms with van der Waals surface area (Å²) < 4.78 is 15.5. The van der Waals surface area contributed by atoms with Crippen molar-refractivity contribution < 1.29 is 33.7 Å². The van der Waals surface area contributed by atoms with Gasteiger partial charge in [0.15, 0.2) is 12.6 Å². The van der Waals surface area contributed by atoms with Crippen LogP contribution < -0.4 is 10.2 Å². The fourth-order valence-electron chi connectivity index (χ4n) is 2.37. The molecule has 136 valence electrons. The zero-order valence-electron chi connectivity index (χ0n) is 13.5. The van der Waals surface area contributed by atoms with Crippen molar-refractivity contribution in [2.24, 2.45) is 0 Å². The highest BCUT2D eigenvalue weighted by molar-refractivity contribution is 7.39. The molecule has 3 aromatic rings. The summed E-state index contributed by atoms with van der Waals surface area (Å²) in [7, 11) is -2.65. The Balaban J connectivity index is 2.19. The molecule has 1 aromatic heterocycles. The molecule has 0 aliphatic heterocycles. The third-order valence-electron chi connectivity index (χ3n) is 3.68. The minimum absolute atomic E-state index is 0.00223. The average molecular weight is 378 g/mol. The molecule has 8 nitrogen and oxygen atoms in total. The third kappa shape index (κ3) is 3.63. The van der Waals surface area contributed by atoms with Crippen LogP contribution in [0.5, 0.6) is 17.2 Å². The predicted octanol–water partition coefficient (Wildman–Crippen LogP) is 2.74. The lowest BCUT2D eigenvalue weighted by molar-refractivity contribution is 0.103. The lowest BCUT2D eigenvalue weighted by Gasteiger charge is -2.12. The number of fused-ring (bicyclic) bond motifs is 1. The fourth-order valence-corrected chi connectivity index (χ4v) is 2.52. The highest BCUT2D eigenvalue weighted by Crippen LogP contribution is 2.35. The van der Waals surface area contributed by atoms with Crippen molar-refractivity contribution in [1.29, 1.82) is 0 Å². The summed E-state index contributed by atoms with van der Waals surface area (Å²) in [6.45, 7) is 1.13. The highest BCUT2D eigenvalue weighted by Gasteiger charge is 2.19. The second-order valence-electron chi connectivity index (χ2n) is 5.42. The minimum Gasteiger partial charge on any atom is -0.508 e. The van der Waals surface area contributed by atoms with Crippen molar-refractivity contribution in [3.05, 3.63) is 52.2 Å². The molecule has 0 bridgehead atoms. The standard InChI is InChI=1S/C17H15O8P/c1-9-2-3-10(6-13(9)19)16-17(23-8-24-26(21)22)15(20)12-5-4-11(18)7-14(12)25-16/h2-7,18-19,21-22H,8H2,1H3. The van der Waals surface area contributed by atoms with E-state index in [2.05, 4.69) is 4.52 Å². The molecule has 0 saturated heterocycles. The van der Waals surface area contributed by atoms with Crippen LogP contribution in [0.1, 0.15) is 5.56 Å². The van der Waals surface area contributed by atoms with Gasteiger partial charge in [0.1, 0.15) is 17.1 Å². The molecule has 0 spiro atoms. The number of aromatic hydroxyl groups is 2. The molecule has 0 radical (unpaired) electrons. The summed E-state index contributed by atoms with van der Waals surface area (Å²) in [6.07, 6.45) is 0. The van der Waals surface area contributed by atoms with Crippen LogP contribution in [0.3, 0.4) is 0 Å². The van der Waals surface area contributed by atoms with Gasteiger partial charge in [0.05, 0.1) is 5.39 Å². The molecule has 3 rings (SSSR count). The molecule has 0 atom stereocenters. The quantitative estimate of drug-likeness (QED) is 0.394. The first-order valence-corrected chi connectivity index (χ1v) is 8.56. The summed E-state index contributed by atoms with van der Waals surface area (Å²) in [5, 5.41) is 19.7. The molecule has 9 heteroatoms. The van der Waals surface area contributed by atoms with Crippen LogP contribution in [0.4, 0.5) is 0 Å². The smallest absolute Gasteiger partial charge is 0.330 e. The molecule has 0 amide bonds. The topological polar surface area (TPSA) is 130 Å². The molecule has 0 saturated carbocycles. The maximum Gasteiger partial charge on any atom is 0.330 e. The van der Waals surface area contributed by atoms with Gasteiger partial charge in [0.25, 0.3) is 0 Å². The van der Waals surface area contributed by atoms with Gasteiger partial charge in [-0.1, -0.05) is 12.1 Å². The van der Waals surface area contributed by atoms with E-state index in [4.69, 9.17) is 18.9 Å². The number of hydrogen-bond donors (Lipinski definition) is 4. The van der Waals surface area contributed by atoms with Crippen molar-refractivity contribution in [3.8, 4) is 28.6 Å². The zero-order valence-corrected chi connectivity index (χ0v) is 14.4. The monoisotopic (exact) mass is 378 g/mol. The molecule has 0 unspecified atom stereocenters. The Morgan fingerprint density at radius 1 is 1.12 bits per heavy atom. The van der Waals surface area contributed by atoms with Gasteiger partial charge in [-0.25, -0.2) is 0 Å². The van der Waals surface area contributed by atoms with Gasteiger partial charge in [-0.05, 0) is 30.7 Å². The molecule has 4 N–H and O–H groups in total. The van der Waals surface area contributed by atoms with E-state index in [1.807, 2.05) is 0 Å². The Morgan fingerprint density at radius 2 is 1.88 bits per heavy atom. The van der Waals surface area contributed by atoms with E-state index in [9.17, 15) is 15.0 Å². The number of ether oxygens (including phenoxy) is 1. The largest absolute Gasteiger partial charge is 0.508 e. The lowest BCUT2D eigenvalue weighted by atomic mass is 10.1. The summed E-state index contributed by atoms with van der Waals surface area (Å²) in [4.78, 5) is 30.4. The SMILES string of the molecule is Cc1ccc(-c2oc3cc(O)ccc3c(=O)c2OCOP(O)O)cc1O. The molecule has 1 heterocycles. The molecule has 0 fully saturated rings. The van der Waals surface area contributed by atoms with Gasteiger partial charge in [-0.2, -0.15) is 0 Å². The lowest BCUT2D eigenvalue weighted by Crippen LogP contribution is -2.12. The van der Waals surface area contributed by atoms with E-state index in [0.29, 0.717) is 11.1 Å². The highest BCUT2D eigenvalue weighted by atomic mass is 31.2. The van der Waals surface area contributed by atoms with Gasteiger partial charge in [0, 0.05) is 11.6 Å². The van der Waals surface area contributed by atoms with E-state index in [1.165, 1.54) is 24.3 Å². The average Bonchev–Trinajstić information content (AvgIpc) is 2.58. The Labute approximate surface area is 148 Å². The van der Waals surface area contributed by atoms with Crippen molar-refractivity contribution in [2.75, 3.05) is 6.79 Å². The first-order chi connectivity index (χ1) is 12.4. The summed E-state index contributed by atoms with van der Waals surface area (Å²) >= 11 is 0. The maximum absolute atomic E-state index is 12.8. The number of rotatable bonds is 5. The molecular weight excluding hydrogens is 363 g/mol. The molecule has 2 aromatic carbocycles. The maximum atomic E-state index is 12.8. The van der Waals surface area contributed by atoms with Crippen molar-refractivity contribution in [3.63, 3.8) is 0 Å². The number of hydrogen-bond acceptors (Lipinski definition) is 8. The minimum atomic E-state index is -2.65. The van der Waals surface area contributed by atoms with Gasteiger partial charge in [-0.15, -0.1) is 0 Å². The van der Waals surface area contributed by atoms with Crippen molar-refractivity contribution in [2.45, 2.75) is 6.92 Å². The molecule has 0 aliphatic rings. The first kappa shape index (κ1) is 18.2. The van der Waals surface area contributed by atoms with Gasteiger partial charge in [0.2, 0.25) is 11.2 Å². The van der Waals surface area contributed by atoms with Gasteiger partial charge < -0.3 is 29.2 Å². The number of phenols is 2. The Morgan fingerprint density at radius 3 is 2.58 bits per heavy atom. The predicted molar refractivity (Wildman–Crippen MR) is 93.9 cm³/mol. The van der Waals surface area contributed by atoms with Crippen LogP contribution in [0.2, 0.25) is 0 Å². The van der Waals surface area contributed by atoms with Crippen LogP contribution in [0.25, 0.3) is 22.3 Å². The summed E-state index contributed by atoms with van der Waals surface area (Å²) in [6, 6.07) is 8.67. The Bertz CT molecular complexity index is 1010. The van der Waals surface area contributed by atoms with E-state index < -0.39 is 20.8 Å². The molecule has 0 aliphatic carbocycles. The van der Waals surface area contributed by atoms with E-state index in [1.54, 1.807) is 19.1 Å². The second kappa shape index (κ2) is 7.31.